The maximum atomic E-state index is 11.6. The SMILES string of the molecule is O=C1CC(S)CN1C1CCCCNC1. The number of thiol groups is 1. The summed E-state index contributed by atoms with van der Waals surface area (Å²) in [5, 5.41) is 3.65. The van der Waals surface area contributed by atoms with Gasteiger partial charge >= 0.3 is 0 Å². The van der Waals surface area contributed by atoms with Gasteiger partial charge in [0, 0.05) is 30.8 Å². The zero-order valence-corrected chi connectivity index (χ0v) is 9.30. The fourth-order valence-corrected chi connectivity index (χ4v) is 2.66. The maximum absolute atomic E-state index is 11.6. The Morgan fingerprint density at radius 3 is 3.00 bits per heavy atom. The molecule has 2 fully saturated rings. The van der Waals surface area contributed by atoms with Crippen LogP contribution in [0.15, 0.2) is 0 Å². The highest BCUT2D eigenvalue weighted by molar-refractivity contribution is 7.81. The van der Waals surface area contributed by atoms with E-state index in [1.165, 1.54) is 12.8 Å². The number of hydrogen-bond donors (Lipinski definition) is 2. The van der Waals surface area contributed by atoms with Crippen LogP contribution in [0.25, 0.3) is 0 Å². The zero-order valence-electron chi connectivity index (χ0n) is 8.41. The van der Waals surface area contributed by atoms with Gasteiger partial charge in [-0.25, -0.2) is 0 Å². The van der Waals surface area contributed by atoms with Crippen molar-refractivity contribution in [3.63, 3.8) is 0 Å². The third kappa shape index (κ3) is 2.23. The molecule has 2 aliphatic heterocycles. The van der Waals surface area contributed by atoms with Crippen molar-refractivity contribution in [1.29, 1.82) is 0 Å². The second kappa shape index (κ2) is 4.53. The van der Waals surface area contributed by atoms with Gasteiger partial charge in [0.25, 0.3) is 0 Å². The lowest BCUT2D eigenvalue weighted by Gasteiger charge is -2.26. The minimum Gasteiger partial charge on any atom is -0.337 e. The Labute approximate surface area is 90.6 Å². The van der Waals surface area contributed by atoms with E-state index in [-0.39, 0.29) is 5.25 Å². The number of carbonyl (C=O) groups is 1. The molecule has 2 unspecified atom stereocenters. The molecule has 1 N–H and O–H groups in total. The van der Waals surface area contributed by atoms with Crippen LogP contribution >= 0.6 is 12.6 Å². The van der Waals surface area contributed by atoms with Crippen LogP contribution < -0.4 is 5.32 Å². The van der Waals surface area contributed by atoms with Gasteiger partial charge in [-0.05, 0) is 19.4 Å². The summed E-state index contributed by atoms with van der Waals surface area (Å²) in [5.41, 5.74) is 0. The molecule has 0 aliphatic carbocycles. The summed E-state index contributed by atoms with van der Waals surface area (Å²) in [6.45, 7) is 2.91. The van der Waals surface area contributed by atoms with E-state index >= 15 is 0 Å². The van der Waals surface area contributed by atoms with E-state index in [0.717, 1.165) is 26.1 Å². The second-order valence-corrected chi connectivity index (χ2v) is 4.99. The molecule has 0 aromatic carbocycles. The molecule has 0 saturated carbocycles. The molecule has 1 amide bonds. The fraction of sp³-hybridized carbons (Fsp3) is 0.900. The summed E-state index contributed by atoms with van der Waals surface area (Å²) in [6, 6.07) is 0.419. The average Bonchev–Trinajstić information content (AvgIpc) is 2.43. The predicted molar refractivity (Wildman–Crippen MR) is 59.6 cm³/mol. The predicted octanol–water partition coefficient (Wildman–Crippen LogP) is 0.659. The van der Waals surface area contributed by atoms with Crippen molar-refractivity contribution in [3.8, 4) is 0 Å². The van der Waals surface area contributed by atoms with E-state index in [0.29, 0.717) is 18.4 Å². The Bertz CT molecular complexity index is 214. The first kappa shape index (κ1) is 10.3. The molecule has 4 heteroatoms. The Kier molecular flexibility index (Phi) is 3.34. The Balaban J connectivity index is 1.95. The Hall–Kier alpha value is -0.220. The topological polar surface area (TPSA) is 32.3 Å². The largest absolute Gasteiger partial charge is 0.337 e. The summed E-state index contributed by atoms with van der Waals surface area (Å²) in [7, 11) is 0. The molecular formula is C10H18N2OS. The molecule has 0 spiro atoms. The van der Waals surface area contributed by atoms with Crippen LogP contribution in [0.5, 0.6) is 0 Å². The summed E-state index contributed by atoms with van der Waals surface area (Å²) in [5.74, 6) is 0.290. The van der Waals surface area contributed by atoms with Crippen molar-refractivity contribution in [2.24, 2.45) is 0 Å². The van der Waals surface area contributed by atoms with Gasteiger partial charge in [-0.3, -0.25) is 4.79 Å². The highest BCUT2D eigenvalue weighted by Crippen LogP contribution is 2.21. The lowest BCUT2D eigenvalue weighted by molar-refractivity contribution is -0.129. The normalized spacial score (nSPS) is 34.6. The van der Waals surface area contributed by atoms with Gasteiger partial charge < -0.3 is 10.2 Å². The number of rotatable bonds is 1. The van der Waals surface area contributed by atoms with Crippen LogP contribution in [0, 0.1) is 0 Å². The van der Waals surface area contributed by atoms with Gasteiger partial charge in [-0.1, -0.05) is 6.42 Å². The molecule has 2 aliphatic rings. The maximum Gasteiger partial charge on any atom is 0.224 e. The number of likely N-dealkylation sites (tertiary alicyclic amines) is 1. The average molecular weight is 214 g/mol. The molecule has 2 heterocycles. The van der Waals surface area contributed by atoms with Gasteiger partial charge in [-0.15, -0.1) is 0 Å². The van der Waals surface area contributed by atoms with E-state index < -0.39 is 0 Å². The van der Waals surface area contributed by atoms with Crippen LogP contribution in [-0.4, -0.2) is 41.7 Å². The molecule has 0 bridgehead atoms. The van der Waals surface area contributed by atoms with E-state index in [1.54, 1.807) is 0 Å². The van der Waals surface area contributed by atoms with Crippen molar-refractivity contribution >= 4 is 18.5 Å². The molecular weight excluding hydrogens is 196 g/mol. The first-order valence-corrected chi connectivity index (χ1v) is 5.97. The third-order valence-electron chi connectivity index (χ3n) is 3.10. The molecule has 2 saturated heterocycles. The number of nitrogens with one attached hydrogen (secondary N) is 1. The molecule has 0 aromatic heterocycles. The molecule has 2 rings (SSSR count). The summed E-state index contributed by atoms with van der Waals surface area (Å²) >= 11 is 4.37. The van der Waals surface area contributed by atoms with Crippen LogP contribution in [0.3, 0.4) is 0 Å². The number of nitrogens with zero attached hydrogens (tertiary/aromatic N) is 1. The Morgan fingerprint density at radius 2 is 2.29 bits per heavy atom. The van der Waals surface area contributed by atoms with Crippen molar-refractivity contribution in [2.45, 2.75) is 37.0 Å². The van der Waals surface area contributed by atoms with Gasteiger partial charge in [0.1, 0.15) is 0 Å². The lowest BCUT2D eigenvalue weighted by atomic mass is 10.1. The van der Waals surface area contributed by atoms with Crippen LogP contribution in [0.4, 0.5) is 0 Å². The van der Waals surface area contributed by atoms with E-state index in [4.69, 9.17) is 0 Å². The van der Waals surface area contributed by atoms with Crippen LogP contribution in [0.1, 0.15) is 25.7 Å². The summed E-state index contributed by atoms with van der Waals surface area (Å²) < 4.78 is 0. The van der Waals surface area contributed by atoms with Crippen molar-refractivity contribution in [3.05, 3.63) is 0 Å². The minimum atomic E-state index is 0.255. The van der Waals surface area contributed by atoms with E-state index in [2.05, 4.69) is 17.9 Å². The molecule has 2 atom stereocenters. The third-order valence-corrected chi connectivity index (χ3v) is 3.45. The quantitative estimate of drug-likeness (QED) is 0.629. The van der Waals surface area contributed by atoms with Crippen molar-refractivity contribution < 1.29 is 4.79 Å². The fourth-order valence-electron chi connectivity index (χ4n) is 2.33. The number of amides is 1. The van der Waals surface area contributed by atoms with Gasteiger partial charge in [0.05, 0.1) is 0 Å². The first-order valence-electron chi connectivity index (χ1n) is 5.45. The molecule has 14 heavy (non-hydrogen) atoms. The molecule has 0 radical (unpaired) electrons. The van der Waals surface area contributed by atoms with Gasteiger partial charge in [0.15, 0.2) is 0 Å². The zero-order chi connectivity index (χ0) is 9.97. The van der Waals surface area contributed by atoms with Gasteiger partial charge in [-0.2, -0.15) is 12.6 Å². The number of hydrogen-bond acceptors (Lipinski definition) is 3. The lowest BCUT2D eigenvalue weighted by Crippen LogP contribution is -2.42. The second-order valence-electron chi connectivity index (χ2n) is 4.26. The smallest absolute Gasteiger partial charge is 0.224 e. The summed E-state index contributed by atoms with van der Waals surface area (Å²) in [4.78, 5) is 13.7. The minimum absolute atomic E-state index is 0.255. The van der Waals surface area contributed by atoms with Crippen molar-refractivity contribution in [2.75, 3.05) is 19.6 Å². The molecule has 3 nitrogen and oxygen atoms in total. The Morgan fingerprint density at radius 1 is 1.43 bits per heavy atom. The number of carbonyl (C=O) groups excluding carboxylic acids is 1. The van der Waals surface area contributed by atoms with E-state index in [1.807, 2.05) is 4.90 Å². The standard InChI is InChI=1S/C10H18N2OS/c13-10-5-9(14)7-12(10)8-3-1-2-4-11-6-8/h8-9,11,14H,1-7H2. The van der Waals surface area contributed by atoms with E-state index in [9.17, 15) is 4.79 Å². The monoisotopic (exact) mass is 214 g/mol. The first-order chi connectivity index (χ1) is 6.77. The van der Waals surface area contributed by atoms with Gasteiger partial charge in [0.2, 0.25) is 5.91 Å². The molecule has 0 aromatic rings. The molecule has 80 valence electrons. The highest BCUT2D eigenvalue weighted by Gasteiger charge is 2.32. The highest BCUT2D eigenvalue weighted by atomic mass is 32.1. The van der Waals surface area contributed by atoms with Crippen LogP contribution in [0.2, 0.25) is 0 Å². The van der Waals surface area contributed by atoms with Crippen molar-refractivity contribution in [1.82, 2.24) is 10.2 Å². The summed E-state index contributed by atoms with van der Waals surface area (Å²) in [6.07, 6.45) is 4.25. The van der Waals surface area contributed by atoms with Crippen LogP contribution in [-0.2, 0) is 4.79 Å².